The van der Waals surface area contributed by atoms with Crippen molar-refractivity contribution >= 4 is 5.91 Å². The molecule has 1 heterocycles. The zero-order chi connectivity index (χ0) is 13.9. The monoisotopic (exact) mass is 260 g/mol. The van der Waals surface area contributed by atoms with Crippen LogP contribution in [0, 0.1) is 0 Å². The first-order valence-corrected chi connectivity index (χ1v) is 7.08. The maximum atomic E-state index is 12.7. The Bertz CT molecular complexity index is 420. The van der Waals surface area contributed by atoms with E-state index in [1.807, 2.05) is 56.1 Å². The number of benzene rings is 1. The van der Waals surface area contributed by atoms with Crippen LogP contribution >= 0.6 is 0 Å². The maximum absolute atomic E-state index is 12.7. The molecule has 1 saturated heterocycles. The molecule has 0 spiro atoms. The molecule has 0 radical (unpaired) electrons. The lowest BCUT2D eigenvalue weighted by Gasteiger charge is -2.37. The molecule has 0 atom stereocenters. The van der Waals surface area contributed by atoms with Crippen molar-refractivity contribution in [1.82, 2.24) is 10.2 Å². The van der Waals surface area contributed by atoms with E-state index >= 15 is 0 Å². The number of likely N-dealkylation sites (tertiary alicyclic amines) is 1. The van der Waals surface area contributed by atoms with E-state index in [4.69, 9.17) is 0 Å². The third-order valence-electron chi connectivity index (χ3n) is 4.22. The van der Waals surface area contributed by atoms with E-state index in [2.05, 4.69) is 5.32 Å². The van der Waals surface area contributed by atoms with Crippen LogP contribution in [0.2, 0.25) is 0 Å². The molecule has 1 aromatic carbocycles. The van der Waals surface area contributed by atoms with E-state index in [1.165, 1.54) is 0 Å². The molecule has 104 valence electrons. The molecule has 2 rings (SSSR count). The number of rotatable bonds is 3. The standard InChI is InChI=1S/C16H24N2O/c1-16(2,13-7-5-4-6-8-13)15(19)18-11-9-14(17-3)10-12-18/h4-8,14,17H,9-12H2,1-3H3. The summed E-state index contributed by atoms with van der Waals surface area (Å²) in [5, 5.41) is 3.30. The molecule has 0 saturated carbocycles. The predicted octanol–water partition coefficient (Wildman–Crippen LogP) is 2.17. The van der Waals surface area contributed by atoms with Crippen LogP contribution < -0.4 is 5.32 Å². The lowest BCUT2D eigenvalue weighted by atomic mass is 9.82. The van der Waals surface area contributed by atoms with Gasteiger partial charge in [-0.15, -0.1) is 0 Å². The molecule has 1 amide bonds. The second kappa shape index (κ2) is 5.74. The second-order valence-corrected chi connectivity index (χ2v) is 5.85. The normalized spacial score (nSPS) is 17.5. The summed E-state index contributed by atoms with van der Waals surface area (Å²) in [6.07, 6.45) is 2.10. The first-order valence-electron chi connectivity index (χ1n) is 7.08. The Morgan fingerprint density at radius 3 is 2.32 bits per heavy atom. The lowest BCUT2D eigenvalue weighted by Crippen LogP contribution is -2.49. The zero-order valence-electron chi connectivity index (χ0n) is 12.1. The highest BCUT2D eigenvalue weighted by molar-refractivity contribution is 5.87. The van der Waals surface area contributed by atoms with Gasteiger partial charge in [-0.25, -0.2) is 0 Å². The Morgan fingerprint density at radius 1 is 1.21 bits per heavy atom. The van der Waals surface area contributed by atoms with Crippen LogP contribution in [-0.2, 0) is 10.2 Å². The molecular weight excluding hydrogens is 236 g/mol. The van der Waals surface area contributed by atoms with Crippen LogP contribution in [0.4, 0.5) is 0 Å². The molecule has 1 fully saturated rings. The Balaban J connectivity index is 2.07. The average Bonchev–Trinajstić information content (AvgIpc) is 2.47. The third-order valence-corrected chi connectivity index (χ3v) is 4.22. The summed E-state index contributed by atoms with van der Waals surface area (Å²) in [4.78, 5) is 14.7. The van der Waals surface area contributed by atoms with Gasteiger partial charge in [-0.05, 0) is 39.3 Å². The van der Waals surface area contributed by atoms with Crippen molar-refractivity contribution < 1.29 is 4.79 Å². The third kappa shape index (κ3) is 2.98. The minimum atomic E-state index is -0.437. The van der Waals surface area contributed by atoms with Crippen molar-refractivity contribution in [2.24, 2.45) is 0 Å². The number of hydrogen-bond donors (Lipinski definition) is 1. The summed E-state index contributed by atoms with van der Waals surface area (Å²) in [5.41, 5.74) is 0.657. The summed E-state index contributed by atoms with van der Waals surface area (Å²) in [6.45, 7) is 5.77. The van der Waals surface area contributed by atoms with Crippen LogP contribution in [0.5, 0.6) is 0 Å². The zero-order valence-corrected chi connectivity index (χ0v) is 12.1. The van der Waals surface area contributed by atoms with Crippen LogP contribution in [0.25, 0.3) is 0 Å². The summed E-state index contributed by atoms with van der Waals surface area (Å²) in [6, 6.07) is 10.6. The highest BCUT2D eigenvalue weighted by atomic mass is 16.2. The van der Waals surface area contributed by atoms with Crippen molar-refractivity contribution in [3.8, 4) is 0 Å². The number of piperidine rings is 1. The van der Waals surface area contributed by atoms with Gasteiger partial charge in [-0.2, -0.15) is 0 Å². The molecule has 19 heavy (non-hydrogen) atoms. The minimum absolute atomic E-state index is 0.244. The molecule has 0 bridgehead atoms. The first-order chi connectivity index (χ1) is 9.05. The smallest absolute Gasteiger partial charge is 0.232 e. The summed E-state index contributed by atoms with van der Waals surface area (Å²) in [5.74, 6) is 0.244. The molecular formula is C16H24N2O. The largest absolute Gasteiger partial charge is 0.342 e. The fourth-order valence-electron chi connectivity index (χ4n) is 2.74. The Kier molecular flexibility index (Phi) is 4.25. The lowest BCUT2D eigenvalue weighted by molar-refractivity contribution is -0.137. The summed E-state index contributed by atoms with van der Waals surface area (Å²) < 4.78 is 0. The number of carbonyl (C=O) groups excluding carboxylic acids is 1. The molecule has 0 aliphatic carbocycles. The highest BCUT2D eigenvalue weighted by Crippen LogP contribution is 2.27. The Hall–Kier alpha value is -1.35. The van der Waals surface area contributed by atoms with Gasteiger partial charge < -0.3 is 10.2 Å². The van der Waals surface area contributed by atoms with Gasteiger partial charge in [0.15, 0.2) is 0 Å². The molecule has 1 N–H and O–H groups in total. The Morgan fingerprint density at radius 2 is 1.79 bits per heavy atom. The van der Waals surface area contributed by atoms with Crippen molar-refractivity contribution in [3.63, 3.8) is 0 Å². The van der Waals surface area contributed by atoms with E-state index in [-0.39, 0.29) is 5.91 Å². The van der Waals surface area contributed by atoms with E-state index in [0.29, 0.717) is 6.04 Å². The van der Waals surface area contributed by atoms with E-state index in [0.717, 1.165) is 31.5 Å². The van der Waals surface area contributed by atoms with E-state index in [9.17, 15) is 4.79 Å². The summed E-state index contributed by atoms with van der Waals surface area (Å²) in [7, 11) is 2.00. The van der Waals surface area contributed by atoms with Gasteiger partial charge in [-0.3, -0.25) is 4.79 Å². The van der Waals surface area contributed by atoms with Crippen molar-refractivity contribution in [2.75, 3.05) is 20.1 Å². The predicted molar refractivity (Wildman–Crippen MR) is 78.1 cm³/mol. The number of nitrogens with zero attached hydrogens (tertiary/aromatic N) is 1. The van der Waals surface area contributed by atoms with Crippen molar-refractivity contribution in [2.45, 2.75) is 38.1 Å². The van der Waals surface area contributed by atoms with Gasteiger partial charge >= 0.3 is 0 Å². The van der Waals surface area contributed by atoms with E-state index < -0.39 is 5.41 Å². The number of carbonyl (C=O) groups is 1. The SMILES string of the molecule is CNC1CCN(C(=O)C(C)(C)c2ccccc2)CC1. The highest BCUT2D eigenvalue weighted by Gasteiger charge is 2.35. The van der Waals surface area contributed by atoms with Crippen molar-refractivity contribution in [1.29, 1.82) is 0 Å². The molecule has 1 aromatic rings. The fourth-order valence-corrected chi connectivity index (χ4v) is 2.74. The second-order valence-electron chi connectivity index (χ2n) is 5.85. The van der Waals surface area contributed by atoms with Gasteiger partial charge in [0, 0.05) is 19.1 Å². The van der Waals surface area contributed by atoms with Crippen molar-refractivity contribution in [3.05, 3.63) is 35.9 Å². The molecule has 1 aliphatic heterocycles. The number of amides is 1. The quantitative estimate of drug-likeness (QED) is 0.903. The van der Waals surface area contributed by atoms with Crippen LogP contribution in [-0.4, -0.2) is 37.0 Å². The van der Waals surface area contributed by atoms with Gasteiger partial charge in [0.25, 0.3) is 0 Å². The number of hydrogen-bond acceptors (Lipinski definition) is 2. The summed E-state index contributed by atoms with van der Waals surface area (Å²) >= 11 is 0. The molecule has 1 aliphatic rings. The molecule has 3 nitrogen and oxygen atoms in total. The van der Waals surface area contributed by atoms with Crippen LogP contribution in [0.1, 0.15) is 32.3 Å². The molecule has 3 heteroatoms. The Labute approximate surface area is 116 Å². The fraction of sp³-hybridized carbons (Fsp3) is 0.562. The van der Waals surface area contributed by atoms with Gasteiger partial charge in [0.2, 0.25) is 5.91 Å². The van der Waals surface area contributed by atoms with Crippen LogP contribution in [0.3, 0.4) is 0 Å². The number of nitrogens with one attached hydrogen (secondary N) is 1. The van der Waals surface area contributed by atoms with Gasteiger partial charge in [0.05, 0.1) is 5.41 Å². The van der Waals surface area contributed by atoms with Gasteiger partial charge in [-0.1, -0.05) is 30.3 Å². The van der Waals surface area contributed by atoms with E-state index in [1.54, 1.807) is 0 Å². The molecule has 0 aromatic heterocycles. The minimum Gasteiger partial charge on any atom is -0.342 e. The van der Waals surface area contributed by atoms with Crippen LogP contribution in [0.15, 0.2) is 30.3 Å². The van der Waals surface area contributed by atoms with Gasteiger partial charge in [0.1, 0.15) is 0 Å². The maximum Gasteiger partial charge on any atom is 0.232 e. The first kappa shape index (κ1) is 14.1. The molecule has 0 unspecified atom stereocenters. The average molecular weight is 260 g/mol. The topological polar surface area (TPSA) is 32.3 Å².